The average molecular weight is 431 g/mol. The maximum atomic E-state index is 12.6. The summed E-state index contributed by atoms with van der Waals surface area (Å²) in [6.07, 6.45) is 0.0462. The maximum absolute atomic E-state index is 12.6. The van der Waals surface area contributed by atoms with E-state index in [0.717, 1.165) is 17.3 Å². The summed E-state index contributed by atoms with van der Waals surface area (Å²) in [5.74, 6) is -0.0503. The molecular formula is C20H19ClN4O3S. The number of hydrogen-bond donors (Lipinski definition) is 2. The molecule has 29 heavy (non-hydrogen) atoms. The lowest BCUT2D eigenvalue weighted by Gasteiger charge is -2.22. The highest BCUT2D eigenvalue weighted by molar-refractivity contribution is 8.15. The van der Waals surface area contributed by atoms with E-state index >= 15 is 0 Å². The highest BCUT2D eigenvalue weighted by Gasteiger charge is 2.30. The first-order chi connectivity index (χ1) is 14.0. The number of ether oxygens (including phenoxy) is 1. The van der Waals surface area contributed by atoms with E-state index in [0.29, 0.717) is 22.2 Å². The van der Waals surface area contributed by atoms with Gasteiger partial charge in [-0.1, -0.05) is 47.6 Å². The van der Waals surface area contributed by atoms with E-state index in [1.807, 2.05) is 18.2 Å². The summed E-state index contributed by atoms with van der Waals surface area (Å²) >= 11 is 7.04. The number of rotatable bonds is 5. The van der Waals surface area contributed by atoms with E-state index in [-0.39, 0.29) is 23.4 Å². The van der Waals surface area contributed by atoms with E-state index in [1.54, 1.807) is 37.3 Å². The van der Waals surface area contributed by atoms with Gasteiger partial charge in [0, 0.05) is 11.4 Å². The number of carbonyl (C=O) groups is 2. The first-order valence-electron chi connectivity index (χ1n) is 8.75. The molecule has 1 atom stereocenters. The molecule has 150 valence electrons. The number of hydrogen-bond acceptors (Lipinski definition) is 6. The monoisotopic (exact) mass is 430 g/mol. The molecule has 1 aliphatic rings. The summed E-state index contributed by atoms with van der Waals surface area (Å²) in [7, 11) is 1.53. The number of nitrogens with zero attached hydrogens (tertiary/aromatic N) is 2. The lowest BCUT2D eigenvalue weighted by molar-refractivity contribution is -0.123. The highest BCUT2D eigenvalue weighted by Crippen LogP contribution is 2.27. The number of amides is 2. The van der Waals surface area contributed by atoms with Gasteiger partial charge in [0.1, 0.15) is 11.0 Å². The molecule has 2 amide bonds. The summed E-state index contributed by atoms with van der Waals surface area (Å²) in [6, 6.07) is 14.3. The third-order valence-corrected chi connectivity index (χ3v) is 5.41. The van der Waals surface area contributed by atoms with Crippen LogP contribution in [-0.2, 0) is 9.59 Å². The van der Waals surface area contributed by atoms with E-state index in [2.05, 4.69) is 20.8 Å². The van der Waals surface area contributed by atoms with Gasteiger partial charge in [0.25, 0.3) is 0 Å². The minimum Gasteiger partial charge on any atom is -0.495 e. The van der Waals surface area contributed by atoms with Gasteiger partial charge in [0.05, 0.1) is 18.5 Å². The lowest BCUT2D eigenvalue weighted by atomic mass is 10.1. The number of nitrogens with one attached hydrogen (secondary N) is 2. The molecule has 3 rings (SSSR count). The number of para-hydroxylation sites is 2. The molecule has 0 spiro atoms. The first-order valence-corrected chi connectivity index (χ1v) is 10.0. The summed E-state index contributed by atoms with van der Waals surface area (Å²) in [6.45, 7) is 1.80. The second kappa shape index (κ2) is 9.58. The first kappa shape index (κ1) is 20.9. The molecule has 0 aromatic heterocycles. The van der Waals surface area contributed by atoms with Gasteiger partial charge in [0.15, 0.2) is 5.17 Å². The molecule has 2 N–H and O–H groups in total. The van der Waals surface area contributed by atoms with Crippen molar-refractivity contribution in [2.24, 2.45) is 10.2 Å². The zero-order valence-electron chi connectivity index (χ0n) is 15.8. The Kier molecular flexibility index (Phi) is 6.90. The molecule has 2 aromatic carbocycles. The van der Waals surface area contributed by atoms with Gasteiger partial charge in [-0.25, -0.2) is 0 Å². The van der Waals surface area contributed by atoms with Crippen molar-refractivity contribution in [3.05, 3.63) is 59.1 Å². The number of thioether (sulfide) groups is 1. The number of anilines is 1. The van der Waals surface area contributed by atoms with Crippen LogP contribution in [0.5, 0.6) is 5.75 Å². The second-order valence-corrected chi connectivity index (χ2v) is 7.77. The van der Waals surface area contributed by atoms with Crippen LogP contribution in [0.25, 0.3) is 0 Å². The van der Waals surface area contributed by atoms with Crippen molar-refractivity contribution in [3.63, 3.8) is 0 Å². The Labute approximate surface area is 177 Å². The van der Waals surface area contributed by atoms with Crippen LogP contribution in [0.4, 0.5) is 5.69 Å². The molecular weight excluding hydrogens is 412 g/mol. The van der Waals surface area contributed by atoms with Gasteiger partial charge in [-0.3, -0.25) is 9.59 Å². The molecule has 1 aliphatic heterocycles. The second-order valence-electron chi connectivity index (χ2n) is 6.15. The van der Waals surface area contributed by atoms with Crippen molar-refractivity contribution in [1.29, 1.82) is 0 Å². The van der Waals surface area contributed by atoms with Crippen LogP contribution in [0.1, 0.15) is 18.9 Å². The van der Waals surface area contributed by atoms with E-state index < -0.39 is 5.25 Å². The Morgan fingerprint density at radius 2 is 1.97 bits per heavy atom. The zero-order chi connectivity index (χ0) is 20.8. The van der Waals surface area contributed by atoms with Crippen molar-refractivity contribution in [2.75, 3.05) is 12.4 Å². The molecule has 1 unspecified atom stereocenters. The number of amidine groups is 1. The highest BCUT2D eigenvalue weighted by atomic mass is 35.5. The molecule has 7 nitrogen and oxygen atoms in total. The fourth-order valence-corrected chi connectivity index (χ4v) is 3.63. The van der Waals surface area contributed by atoms with Crippen molar-refractivity contribution in [2.45, 2.75) is 18.6 Å². The normalized spacial score (nSPS) is 18.3. The Balaban J connectivity index is 1.71. The summed E-state index contributed by atoms with van der Waals surface area (Å²) in [5, 5.41) is 14.0. The van der Waals surface area contributed by atoms with E-state index in [9.17, 15) is 9.59 Å². The standard InChI is InChI=1S/C20H19ClN4O3S/c1-12(13-7-9-14(21)10-8-13)24-25-20-23-18(26)11-17(29-20)19(27)22-15-5-3-4-6-16(15)28-2/h3-10,17H,11H2,1-2H3,(H,22,27)(H,23,25,26). The van der Waals surface area contributed by atoms with Gasteiger partial charge in [-0.15, -0.1) is 5.10 Å². The average Bonchev–Trinajstić information content (AvgIpc) is 2.72. The number of methoxy groups -OCH3 is 1. The molecule has 1 fully saturated rings. The molecule has 2 aromatic rings. The predicted molar refractivity (Wildman–Crippen MR) is 117 cm³/mol. The van der Waals surface area contributed by atoms with Crippen LogP contribution in [-0.4, -0.2) is 35.1 Å². The maximum Gasteiger partial charge on any atom is 0.238 e. The van der Waals surface area contributed by atoms with Gasteiger partial charge >= 0.3 is 0 Å². The van der Waals surface area contributed by atoms with Crippen LogP contribution in [0.15, 0.2) is 58.7 Å². The third-order valence-electron chi connectivity index (χ3n) is 4.08. The lowest BCUT2D eigenvalue weighted by Crippen LogP contribution is -2.41. The minimum atomic E-state index is -0.626. The van der Waals surface area contributed by atoms with E-state index in [4.69, 9.17) is 16.3 Å². The summed E-state index contributed by atoms with van der Waals surface area (Å²) in [5.41, 5.74) is 2.06. The largest absolute Gasteiger partial charge is 0.495 e. The molecule has 0 saturated carbocycles. The van der Waals surface area contributed by atoms with Crippen LogP contribution in [0.3, 0.4) is 0 Å². The van der Waals surface area contributed by atoms with Crippen LogP contribution < -0.4 is 15.4 Å². The minimum absolute atomic E-state index is 0.0462. The molecule has 0 aliphatic carbocycles. The van der Waals surface area contributed by atoms with Gasteiger partial charge in [-0.05, 0) is 36.8 Å². The predicted octanol–water partition coefficient (Wildman–Crippen LogP) is 3.69. The SMILES string of the molecule is COc1ccccc1NC(=O)C1CC(=O)N/C(=N\N=C(C)c2ccc(Cl)cc2)S1. The Hall–Kier alpha value is -2.84. The van der Waals surface area contributed by atoms with Crippen molar-refractivity contribution in [3.8, 4) is 5.75 Å². The van der Waals surface area contributed by atoms with Gasteiger partial charge in [0.2, 0.25) is 11.8 Å². The van der Waals surface area contributed by atoms with E-state index in [1.165, 1.54) is 7.11 Å². The van der Waals surface area contributed by atoms with Crippen molar-refractivity contribution in [1.82, 2.24) is 5.32 Å². The van der Waals surface area contributed by atoms with Crippen LogP contribution >= 0.6 is 23.4 Å². The number of carbonyl (C=O) groups excluding carboxylic acids is 2. The molecule has 1 saturated heterocycles. The summed E-state index contributed by atoms with van der Waals surface area (Å²) < 4.78 is 5.24. The van der Waals surface area contributed by atoms with Crippen LogP contribution in [0.2, 0.25) is 5.02 Å². The molecule has 0 bridgehead atoms. The fraction of sp³-hybridized carbons (Fsp3) is 0.200. The van der Waals surface area contributed by atoms with Crippen molar-refractivity contribution < 1.29 is 14.3 Å². The molecule has 0 radical (unpaired) electrons. The number of benzene rings is 2. The molecule has 9 heteroatoms. The van der Waals surface area contributed by atoms with Crippen molar-refractivity contribution >= 4 is 51.7 Å². The Morgan fingerprint density at radius 3 is 2.69 bits per heavy atom. The molecule has 1 heterocycles. The number of halogens is 1. The van der Waals surface area contributed by atoms with Gasteiger partial charge in [-0.2, -0.15) is 5.10 Å². The Morgan fingerprint density at radius 1 is 1.24 bits per heavy atom. The zero-order valence-corrected chi connectivity index (χ0v) is 17.4. The third kappa shape index (κ3) is 5.58. The quantitative estimate of drug-likeness (QED) is 0.559. The van der Waals surface area contributed by atoms with Crippen LogP contribution in [0, 0.1) is 0 Å². The van der Waals surface area contributed by atoms with Gasteiger partial charge < -0.3 is 15.4 Å². The Bertz CT molecular complexity index is 976. The topological polar surface area (TPSA) is 92.1 Å². The fourth-order valence-electron chi connectivity index (χ4n) is 2.57. The smallest absolute Gasteiger partial charge is 0.238 e. The summed E-state index contributed by atoms with van der Waals surface area (Å²) in [4.78, 5) is 24.7.